The zero-order valence-corrected chi connectivity index (χ0v) is 16.1. The van der Waals surface area contributed by atoms with Crippen molar-refractivity contribution in [3.05, 3.63) is 64.4 Å². The normalized spacial score (nSPS) is 19.4. The largest absolute Gasteiger partial charge is 0.349 e. The van der Waals surface area contributed by atoms with Gasteiger partial charge in [-0.3, -0.25) is 14.7 Å². The minimum Gasteiger partial charge on any atom is -0.349 e. The molecule has 2 aromatic rings. The monoisotopic (exact) mass is 401 g/mol. The van der Waals surface area contributed by atoms with Crippen molar-refractivity contribution in [1.82, 2.24) is 15.2 Å². The molecule has 2 atom stereocenters. The molecular formula is C20H24BrN3O. The van der Waals surface area contributed by atoms with Crippen molar-refractivity contribution < 1.29 is 4.79 Å². The molecule has 1 aliphatic rings. The summed E-state index contributed by atoms with van der Waals surface area (Å²) in [6.45, 7) is 4.76. The van der Waals surface area contributed by atoms with Crippen molar-refractivity contribution in [2.24, 2.45) is 5.92 Å². The Morgan fingerprint density at radius 1 is 1.36 bits per heavy atom. The van der Waals surface area contributed by atoms with Crippen molar-refractivity contribution in [3.63, 3.8) is 0 Å². The van der Waals surface area contributed by atoms with Crippen molar-refractivity contribution in [2.75, 3.05) is 13.1 Å². The van der Waals surface area contributed by atoms with Gasteiger partial charge in [0.15, 0.2) is 0 Å². The lowest BCUT2D eigenvalue weighted by Crippen LogP contribution is -2.43. The number of aromatic nitrogens is 1. The standard InChI is InChI=1S/C20H24BrN3O/c1-15(17-6-8-19(21)9-7-17)23-20(25)18-5-3-11-24(14-18)13-16-4-2-10-22-12-16/h2,4,6-10,12,15,18H,3,5,11,13-14H2,1H3,(H,23,25)/t15-,18+/m0/s1. The van der Waals surface area contributed by atoms with Crippen LogP contribution in [0.4, 0.5) is 0 Å². The van der Waals surface area contributed by atoms with Crippen LogP contribution >= 0.6 is 15.9 Å². The molecule has 1 fully saturated rings. The van der Waals surface area contributed by atoms with Crippen LogP contribution in [0.25, 0.3) is 0 Å². The molecule has 4 nitrogen and oxygen atoms in total. The lowest BCUT2D eigenvalue weighted by Gasteiger charge is -2.32. The highest BCUT2D eigenvalue weighted by molar-refractivity contribution is 9.10. The summed E-state index contributed by atoms with van der Waals surface area (Å²) in [5.41, 5.74) is 2.33. The van der Waals surface area contributed by atoms with E-state index in [-0.39, 0.29) is 17.9 Å². The highest BCUT2D eigenvalue weighted by Gasteiger charge is 2.26. The molecule has 0 saturated carbocycles. The van der Waals surface area contributed by atoms with Crippen molar-refractivity contribution in [3.8, 4) is 0 Å². The van der Waals surface area contributed by atoms with Gasteiger partial charge in [-0.15, -0.1) is 0 Å². The molecule has 25 heavy (non-hydrogen) atoms. The van der Waals surface area contributed by atoms with Crippen LogP contribution in [0.3, 0.4) is 0 Å². The average Bonchev–Trinajstić information content (AvgIpc) is 2.63. The highest BCUT2D eigenvalue weighted by atomic mass is 79.9. The van der Waals surface area contributed by atoms with Gasteiger partial charge in [-0.05, 0) is 55.6 Å². The number of rotatable bonds is 5. The van der Waals surface area contributed by atoms with Crippen LogP contribution in [-0.4, -0.2) is 28.9 Å². The Hall–Kier alpha value is -1.72. The Balaban J connectivity index is 1.55. The van der Waals surface area contributed by atoms with Crippen LogP contribution < -0.4 is 5.32 Å². The van der Waals surface area contributed by atoms with Gasteiger partial charge in [-0.25, -0.2) is 0 Å². The number of likely N-dealkylation sites (tertiary alicyclic amines) is 1. The van der Waals surface area contributed by atoms with E-state index in [1.807, 2.05) is 43.5 Å². The Morgan fingerprint density at radius 3 is 2.88 bits per heavy atom. The molecule has 2 heterocycles. The van der Waals surface area contributed by atoms with E-state index in [1.165, 1.54) is 5.56 Å². The first-order valence-corrected chi connectivity index (χ1v) is 9.58. The van der Waals surface area contributed by atoms with E-state index < -0.39 is 0 Å². The molecule has 3 rings (SSSR count). The molecular weight excluding hydrogens is 378 g/mol. The lowest BCUT2D eigenvalue weighted by molar-refractivity contribution is -0.127. The summed E-state index contributed by atoms with van der Waals surface area (Å²) in [6, 6.07) is 12.2. The van der Waals surface area contributed by atoms with Gasteiger partial charge in [0.2, 0.25) is 5.91 Å². The predicted octanol–water partition coefficient (Wildman–Crippen LogP) is 3.93. The van der Waals surface area contributed by atoms with Crippen LogP contribution in [0, 0.1) is 5.92 Å². The Labute approximate surface area is 157 Å². The zero-order valence-electron chi connectivity index (χ0n) is 14.5. The maximum Gasteiger partial charge on any atom is 0.224 e. The Morgan fingerprint density at radius 2 is 2.16 bits per heavy atom. The van der Waals surface area contributed by atoms with E-state index in [0.29, 0.717) is 0 Å². The SMILES string of the molecule is C[C@H](NC(=O)[C@@H]1CCCN(Cc2cccnc2)C1)c1ccc(Br)cc1. The van der Waals surface area contributed by atoms with Gasteiger partial charge < -0.3 is 5.32 Å². The van der Waals surface area contributed by atoms with Crippen LogP contribution in [-0.2, 0) is 11.3 Å². The van der Waals surface area contributed by atoms with Crippen molar-refractivity contribution in [2.45, 2.75) is 32.4 Å². The quantitative estimate of drug-likeness (QED) is 0.824. The molecule has 0 spiro atoms. The summed E-state index contributed by atoms with van der Waals surface area (Å²) < 4.78 is 1.05. The second-order valence-corrected chi connectivity index (χ2v) is 7.63. The number of nitrogens with one attached hydrogen (secondary N) is 1. The summed E-state index contributed by atoms with van der Waals surface area (Å²) in [5, 5.41) is 3.18. The van der Waals surface area contributed by atoms with E-state index in [4.69, 9.17) is 0 Å². The highest BCUT2D eigenvalue weighted by Crippen LogP contribution is 2.21. The van der Waals surface area contributed by atoms with E-state index in [1.54, 1.807) is 6.20 Å². The molecule has 0 bridgehead atoms. The number of nitrogens with zero attached hydrogens (tertiary/aromatic N) is 2. The Bertz CT molecular complexity index is 690. The third-order valence-corrected chi connectivity index (χ3v) is 5.26. The fraction of sp³-hybridized carbons (Fsp3) is 0.400. The van der Waals surface area contributed by atoms with E-state index in [2.05, 4.69) is 37.2 Å². The number of halogens is 1. The summed E-state index contributed by atoms with van der Waals surface area (Å²) in [6.07, 6.45) is 5.71. The summed E-state index contributed by atoms with van der Waals surface area (Å²) >= 11 is 3.44. The molecule has 1 aromatic carbocycles. The third kappa shape index (κ3) is 5.13. The van der Waals surface area contributed by atoms with E-state index in [0.717, 1.165) is 42.5 Å². The molecule has 1 saturated heterocycles. The fourth-order valence-electron chi connectivity index (χ4n) is 3.33. The maximum absolute atomic E-state index is 12.7. The minimum absolute atomic E-state index is 0.0225. The number of benzene rings is 1. The van der Waals surface area contributed by atoms with Crippen molar-refractivity contribution in [1.29, 1.82) is 0 Å². The van der Waals surface area contributed by atoms with Gasteiger partial charge in [-0.2, -0.15) is 0 Å². The number of hydrogen-bond acceptors (Lipinski definition) is 3. The molecule has 0 unspecified atom stereocenters. The maximum atomic E-state index is 12.7. The smallest absolute Gasteiger partial charge is 0.224 e. The van der Waals surface area contributed by atoms with Gasteiger partial charge in [0.05, 0.1) is 12.0 Å². The van der Waals surface area contributed by atoms with Gasteiger partial charge in [0.1, 0.15) is 0 Å². The molecule has 0 radical (unpaired) electrons. The topological polar surface area (TPSA) is 45.2 Å². The number of piperidine rings is 1. The molecule has 1 aliphatic heterocycles. The molecule has 0 aliphatic carbocycles. The number of carbonyl (C=O) groups excluding carboxylic acids is 1. The summed E-state index contributed by atoms with van der Waals surface area (Å²) in [4.78, 5) is 19.2. The average molecular weight is 402 g/mol. The number of carbonyl (C=O) groups is 1. The molecule has 1 amide bonds. The minimum atomic E-state index is 0.0225. The number of amides is 1. The van der Waals surface area contributed by atoms with E-state index >= 15 is 0 Å². The summed E-state index contributed by atoms with van der Waals surface area (Å²) in [5.74, 6) is 0.217. The number of hydrogen-bond donors (Lipinski definition) is 1. The molecule has 132 valence electrons. The zero-order chi connectivity index (χ0) is 17.6. The first-order valence-electron chi connectivity index (χ1n) is 8.79. The molecule has 5 heteroatoms. The van der Waals surface area contributed by atoms with Crippen LogP contribution in [0.1, 0.15) is 36.9 Å². The van der Waals surface area contributed by atoms with Crippen LogP contribution in [0.5, 0.6) is 0 Å². The second kappa shape index (κ2) is 8.59. The molecule has 1 N–H and O–H groups in total. The van der Waals surface area contributed by atoms with E-state index in [9.17, 15) is 4.79 Å². The van der Waals surface area contributed by atoms with Crippen LogP contribution in [0.2, 0.25) is 0 Å². The van der Waals surface area contributed by atoms with Gasteiger partial charge >= 0.3 is 0 Å². The third-order valence-electron chi connectivity index (χ3n) is 4.73. The predicted molar refractivity (Wildman–Crippen MR) is 103 cm³/mol. The van der Waals surface area contributed by atoms with Crippen LogP contribution in [0.15, 0.2) is 53.3 Å². The number of pyridine rings is 1. The second-order valence-electron chi connectivity index (χ2n) is 6.72. The fourth-order valence-corrected chi connectivity index (χ4v) is 3.59. The Kier molecular flexibility index (Phi) is 6.21. The van der Waals surface area contributed by atoms with Gasteiger partial charge in [0, 0.05) is 30.0 Å². The molecule has 1 aromatic heterocycles. The van der Waals surface area contributed by atoms with Gasteiger partial charge in [-0.1, -0.05) is 34.1 Å². The van der Waals surface area contributed by atoms with Gasteiger partial charge in [0.25, 0.3) is 0 Å². The lowest BCUT2D eigenvalue weighted by atomic mass is 9.96. The first kappa shape index (κ1) is 18.1. The first-order chi connectivity index (χ1) is 12.1. The summed E-state index contributed by atoms with van der Waals surface area (Å²) in [7, 11) is 0. The van der Waals surface area contributed by atoms with Crippen molar-refractivity contribution >= 4 is 21.8 Å².